The number of carbonyl (C=O) groups is 2. The molecule has 4 nitrogen and oxygen atoms in total. The molecule has 1 aliphatic rings. The second kappa shape index (κ2) is 8.65. The van der Waals surface area contributed by atoms with Gasteiger partial charge in [-0.1, -0.05) is 80.4 Å². The molecular weight excluding hydrogens is 324 g/mol. The second-order valence-electron chi connectivity index (χ2n) is 6.86. The second-order valence-corrected chi connectivity index (χ2v) is 6.86. The summed E-state index contributed by atoms with van der Waals surface area (Å²) in [5.41, 5.74) is 2.10. The summed E-state index contributed by atoms with van der Waals surface area (Å²) in [6, 6.07) is 18.9. The summed E-state index contributed by atoms with van der Waals surface area (Å²) in [7, 11) is 0. The number of benzene rings is 2. The molecule has 1 saturated heterocycles. The Morgan fingerprint density at radius 1 is 0.923 bits per heavy atom. The number of piperazine rings is 1. The molecule has 1 aliphatic heterocycles. The van der Waals surface area contributed by atoms with Crippen LogP contribution in [0, 0.1) is 0 Å². The van der Waals surface area contributed by atoms with Gasteiger partial charge in [0, 0.05) is 13.0 Å². The fraction of sp³-hybridized carbons (Fsp3) is 0.364. The standard InChI is InChI=1S/C22H26N2O2/c1-2-3-14-20-21(25)23-19(15-17-10-6-4-7-11-17)22(26)24(20)16-18-12-8-5-9-13-18/h4-13,19-20H,2-3,14-16H2,1H3,(H,23,25)/t19-,20-/m0/s1. The smallest absolute Gasteiger partial charge is 0.246 e. The van der Waals surface area contributed by atoms with E-state index in [1.807, 2.05) is 60.7 Å². The molecule has 4 heteroatoms. The van der Waals surface area contributed by atoms with Crippen LogP contribution in [0.4, 0.5) is 0 Å². The van der Waals surface area contributed by atoms with E-state index in [-0.39, 0.29) is 17.9 Å². The van der Waals surface area contributed by atoms with Gasteiger partial charge in [-0.3, -0.25) is 9.59 Å². The molecule has 0 saturated carbocycles. The van der Waals surface area contributed by atoms with Gasteiger partial charge < -0.3 is 10.2 Å². The van der Waals surface area contributed by atoms with Crippen molar-refractivity contribution in [2.24, 2.45) is 0 Å². The fourth-order valence-electron chi connectivity index (χ4n) is 3.47. The van der Waals surface area contributed by atoms with E-state index in [1.165, 1.54) is 0 Å². The largest absolute Gasteiger partial charge is 0.342 e. The van der Waals surface area contributed by atoms with Crippen LogP contribution in [0.15, 0.2) is 60.7 Å². The van der Waals surface area contributed by atoms with E-state index in [1.54, 1.807) is 4.90 Å². The van der Waals surface area contributed by atoms with Gasteiger partial charge in [0.15, 0.2) is 0 Å². The minimum absolute atomic E-state index is 0.0124. The minimum Gasteiger partial charge on any atom is -0.342 e. The molecule has 136 valence electrons. The summed E-state index contributed by atoms with van der Waals surface area (Å²) in [5, 5.41) is 2.96. The molecule has 2 aromatic carbocycles. The molecule has 0 unspecified atom stereocenters. The van der Waals surface area contributed by atoms with Crippen molar-refractivity contribution < 1.29 is 9.59 Å². The van der Waals surface area contributed by atoms with E-state index >= 15 is 0 Å². The third-order valence-corrected chi connectivity index (χ3v) is 4.89. The number of amides is 2. The Bertz CT molecular complexity index is 730. The summed E-state index contributed by atoms with van der Waals surface area (Å²) in [6.45, 7) is 2.58. The van der Waals surface area contributed by atoms with Crippen LogP contribution < -0.4 is 5.32 Å². The predicted molar refractivity (Wildman–Crippen MR) is 102 cm³/mol. The third kappa shape index (κ3) is 4.31. The Morgan fingerprint density at radius 3 is 2.15 bits per heavy atom. The molecule has 2 aromatic rings. The van der Waals surface area contributed by atoms with Gasteiger partial charge >= 0.3 is 0 Å². The van der Waals surface area contributed by atoms with Crippen molar-refractivity contribution in [2.75, 3.05) is 0 Å². The van der Waals surface area contributed by atoms with E-state index in [4.69, 9.17) is 0 Å². The lowest BCUT2D eigenvalue weighted by Crippen LogP contribution is -2.63. The normalized spacial score (nSPS) is 20.1. The highest BCUT2D eigenvalue weighted by molar-refractivity contribution is 5.97. The molecular formula is C22H26N2O2. The summed E-state index contributed by atoms with van der Waals surface area (Å²) in [6.07, 6.45) is 3.17. The first-order valence-corrected chi connectivity index (χ1v) is 9.37. The Kier molecular flexibility index (Phi) is 6.05. The zero-order valence-corrected chi connectivity index (χ0v) is 15.2. The van der Waals surface area contributed by atoms with E-state index in [2.05, 4.69) is 12.2 Å². The molecule has 26 heavy (non-hydrogen) atoms. The topological polar surface area (TPSA) is 49.4 Å². The maximum absolute atomic E-state index is 13.2. The van der Waals surface area contributed by atoms with Crippen molar-refractivity contribution in [1.82, 2.24) is 10.2 Å². The molecule has 0 aliphatic carbocycles. The summed E-state index contributed by atoms with van der Waals surface area (Å²) >= 11 is 0. The van der Waals surface area contributed by atoms with Crippen LogP contribution in [0.25, 0.3) is 0 Å². The molecule has 1 N–H and O–H groups in total. The van der Waals surface area contributed by atoms with Crippen LogP contribution in [0.1, 0.15) is 37.3 Å². The van der Waals surface area contributed by atoms with Gasteiger partial charge in [0.05, 0.1) is 0 Å². The molecule has 3 rings (SSSR count). The summed E-state index contributed by atoms with van der Waals surface area (Å²) in [5.74, 6) is -0.0201. The molecule has 1 heterocycles. The first kappa shape index (κ1) is 18.2. The number of unbranched alkanes of at least 4 members (excludes halogenated alkanes) is 1. The van der Waals surface area contributed by atoms with E-state index < -0.39 is 6.04 Å². The van der Waals surface area contributed by atoms with E-state index in [9.17, 15) is 9.59 Å². The van der Waals surface area contributed by atoms with Gasteiger partial charge in [-0.15, -0.1) is 0 Å². The molecule has 2 amide bonds. The molecule has 0 spiro atoms. The number of nitrogens with one attached hydrogen (secondary N) is 1. The first-order valence-electron chi connectivity index (χ1n) is 9.37. The molecule has 0 aromatic heterocycles. The molecule has 1 fully saturated rings. The van der Waals surface area contributed by atoms with E-state index in [0.717, 1.165) is 24.0 Å². The van der Waals surface area contributed by atoms with E-state index in [0.29, 0.717) is 19.4 Å². The van der Waals surface area contributed by atoms with Gasteiger partial charge in [-0.05, 0) is 17.5 Å². The fourth-order valence-corrected chi connectivity index (χ4v) is 3.47. The van der Waals surface area contributed by atoms with Crippen molar-refractivity contribution >= 4 is 11.8 Å². The number of nitrogens with zero attached hydrogens (tertiary/aromatic N) is 1. The van der Waals surface area contributed by atoms with Crippen molar-refractivity contribution in [2.45, 2.75) is 51.2 Å². The lowest BCUT2D eigenvalue weighted by atomic mass is 9.97. The molecule has 0 radical (unpaired) electrons. The zero-order chi connectivity index (χ0) is 18.4. The maximum atomic E-state index is 13.2. The van der Waals surface area contributed by atoms with Gasteiger partial charge in [0.2, 0.25) is 11.8 Å². The van der Waals surface area contributed by atoms with Crippen LogP contribution in [0.3, 0.4) is 0 Å². The predicted octanol–water partition coefficient (Wildman–Crippen LogP) is 3.32. The average molecular weight is 350 g/mol. The summed E-state index contributed by atoms with van der Waals surface area (Å²) < 4.78 is 0. The van der Waals surface area contributed by atoms with Gasteiger partial charge in [-0.2, -0.15) is 0 Å². The highest BCUT2D eigenvalue weighted by Gasteiger charge is 2.39. The lowest BCUT2D eigenvalue weighted by molar-refractivity contribution is -0.150. The lowest BCUT2D eigenvalue weighted by Gasteiger charge is -2.39. The van der Waals surface area contributed by atoms with Crippen LogP contribution in [0.2, 0.25) is 0 Å². The molecule has 0 bridgehead atoms. The van der Waals surface area contributed by atoms with Crippen LogP contribution >= 0.6 is 0 Å². The SMILES string of the molecule is CCCC[C@H]1C(=O)N[C@@H](Cc2ccccc2)C(=O)N1Cc1ccccc1. The highest BCUT2D eigenvalue weighted by atomic mass is 16.2. The van der Waals surface area contributed by atoms with Gasteiger partial charge in [0.25, 0.3) is 0 Å². The highest BCUT2D eigenvalue weighted by Crippen LogP contribution is 2.20. The van der Waals surface area contributed by atoms with Gasteiger partial charge in [-0.25, -0.2) is 0 Å². The average Bonchev–Trinajstić information content (AvgIpc) is 2.67. The van der Waals surface area contributed by atoms with Crippen molar-refractivity contribution in [3.8, 4) is 0 Å². The van der Waals surface area contributed by atoms with Crippen molar-refractivity contribution in [1.29, 1.82) is 0 Å². The maximum Gasteiger partial charge on any atom is 0.246 e. The first-order chi connectivity index (χ1) is 12.7. The van der Waals surface area contributed by atoms with Gasteiger partial charge in [0.1, 0.15) is 12.1 Å². The van der Waals surface area contributed by atoms with Crippen molar-refractivity contribution in [3.05, 3.63) is 71.8 Å². The summed E-state index contributed by atoms with van der Waals surface area (Å²) in [4.78, 5) is 27.7. The minimum atomic E-state index is -0.494. The number of hydrogen-bond acceptors (Lipinski definition) is 2. The van der Waals surface area contributed by atoms with Crippen molar-refractivity contribution in [3.63, 3.8) is 0 Å². The Balaban J connectivity index is 1.81. The number of carbonyl (C=O) groups excluding carboxylic acids is 2. The number of hydrogen-bond donors (Lipinski definition) is 1. The van der Waals surface area contributed by atoms with Crippen LogP contribution in [-0.2, 0) is 22.6 Å². The monoisotopic (exact) mass is 350 g/mol. The quantitative estimate of drug-likeness (QED) is 0.833. The zero-order valence-electron chi connectivity index (χ0n) is 15.2. The Labute approximate surface area is 155 Å². The number of rotatable bonds is 7. The third-order valence-electron chi connectivity index (χ3n) is 4.89. The van der Waals surface area contributed by atoms with Crippen LogP contribution in [0.5, 0.6) is 0 Å². The Hall–Kier alpha value is -2.62. The molecule has 2 atom stereocenters. The van der Waals surface area contributed by atoms with Crippen LogP contribution in [-0.4, -0.2) is 28.8 Å². The Morgan fingerprint density at radius 2 is 1.54 bits per heavy atom.